The number of rotatable bonds is 35. The lowest BCUT2D eigenvalue weighted by Gasteiger charge is -2.23. The van der Waals surface area contributed by atoms with Gasteiger partial charge in [0.05, 0.1) is 18.8 Å². The predicted octanol–water partition coefficient (Wildman–Crippen LogP) is 10.7. The Hall–Kier alpha value is -1.17. The highest BCUT2D eigenvalue weighted by molar-refractivity contribution is 5.80. The summed E-state index contributed by atoms with van der Waals surface area (Å²) in [6.07, 6.45) is 41.6. The Balaban J connectivity index is 3.69. The molecule has 0 aliphatic carbocycles. The molecule has 0 aliphatic rings. The monoisotopic (exact) mass is 636 g/mol. The van der Waals surface area contributed by atoms with E-state index in [4.69, 9.17) is 0 Å². The molecule has 266 valence electrons. The van der Waals surface area contributed by atoms with Crippen LogP contribution in [-0.2, 0) is 4.79 Å². The van der Waals surface area contributed by atoms with Crippen LogP contribution in [0.4, 0.5) is 0 Å². The van der Waals surface area contributed by atoms with Crippen LogP contribution < -0.4 is 5.32 Å². The molecule has 0 spiro atoms. The maximum absolute atomic E-state index is 12.4. The van der Waals surface area contributed by atoms with Gasteiger partial charge in [-0.15, -0.1) is 0 Å². The van der Waals surface area contributed by atoms with Gasteiger partial charge in [-0.3, -0.25) is 4.79 Å². The molecule has 0 aliphatic heterocycles. The van der Waals surface area contributed by atoms with Gasteiger partial charge in [0.15, 0.2) is 0 Å². The van der Waals surface area contributed by atoms with E-state index in [1.807, 2.05) is 0 Å². The van der Waals surface area contributed by atoms with Gasteiger partial charge < -0.3 is 20.6 Å². The molecule has 5 nitrogen and oxygen atoms in total. The third-order valence-electron chi connectivity index (χ3n) is 9.07. The molecule has 3 unspecified atom stereocenters. The number of unbranched alkanes of at least 4 members (excludes halogenated alkanes) is 23. The Kier molecular flexibility index (Phi) is 34.8. The van der Waals surface area contributed by atoms with Crippen LogP contribution in [0.5, 0.6) is 0 Å². The zero-order valence-corrected chi connectivity index (χ0v) is 30.0. The maximum Gasteiger partial charge on any atom is 0.249 e. The summed E-state index contributed by atoms with van der Waals surface area (Å²) in [5.74, 6) is -0.479. The van der Waals surface area contributed by atoms with E-state index >= 15 is 0 Å². The Morgan fingerprint density at radius 3 is 1.38 bits per heavy atom. The van der Waals surface area contributed by atoms with Crippen molar-refractivity contribution in [1.29, 1.82) is 0 Å². The van der Waals surface area contributed by atoms with E-state index in [-0.39, 0.29) is 6.61 Å². The molecule has 0 bridgehead atoms. The molecule has 0 heterocycles. The number of aliphatic hydroxyl groups is 3. The van der Waals surface area contributed by atoms with Crippen molar-refractivity contribution in [3.8, 4) is 0 Å². The number of nitrogens with one attached hydrogen (secondary N) is 1. The summed E-state index contributed by atoms with van der Waals surface area (Å²) in [6.45, 7) is 4.19. The molecule has 1 amide bonds. The first kappa shape index (κ1) is 43.8. The quantitative estimate of drug-likeness (QED) is 0.0412. The Morgan fingerprint density at radius 1 is 0.533 bits per heavy atom. The van der Waals surface area contributed by atoms with Gasteiger partial charge in [0, 0.05) is 0 Å². The van der Waals surface area contributed by atoms with Crippen LogP contribution >= 0.6 is 0 Å². The average molecular weight is 636 g/mol. The van der Waals surface area contributed by atoms with E-state index in [1.165, 1.54) is 128 Å². The van der Waals surface area contributed by atoms with Crippen molar-refractivity contribution in [3.05, 3.63) is 24.3 Å². The van der Waals surface area contributed by atoms with Crippen LogP contribution in [0, 0.1) is 0 Å². The van der Waals surface area contributed by atoms with Crippen molar-refractivity contribution in [2.45, 2.75) is 218 Å². The minimum Gasteiger partial charge on any atom is -0.394 e. The van der Waals surface area contributed by atoms with Gasteiger partial charge in [0.25, 0.3) is 0 Å². The molecule has 0 saturated carbocycles. The normalized spacial score (nSPS) is 14.0. The minimum absolute atomic E-state index is 0.316. The lowest BCUT2D eigenvalue weighted by molar-refractivity contribution is -0.131. The fourth-order valence-electron chi connectivity index (χ4n) is 5.93. The molecular formula is C40H77NO4. The van der Waals surface area contributed by atoms with Crippen LogP contribution in [-0.4, -0.2) is 46.1 Å². The highest BCUT2D eigenvalue weighted by Crippen LogP contribution is 2.15. The number of amides is 1. The summed E-state index contributed by atoms with van der Waals surface area (Å²) in [5.41, 5.74) is 0. The fourth-order valence-corrected chi connectivity index (χ4v) is 5.93. The second-order valence-corrected chi connectivity index (χ2v) is 13.5. The van der Waals surface area contributed by atoms with Crippen molar-refractivity contribution in [2.24, 2.45) is 0 Å². The molecular weight excluding hydrogens is 558 g/mol. The van der Waals surface area contributed by atoms with E-state index in [1.54, 1.807) is 0 Å². The van der Waals surface area contributed by atoms with Gasteiger partial charge in [-0.25, -0.2) is 0 Å². The number of carbonyl (C=O) groups excluding carboxylic acids is 1. The van der Waals surface area contributed by atoms with Gasteiger partial charge in [-0.2, -0.15) is 0 Å². The smallest absolute Gasteiger partial charge is 0.249 e. The Morgan fingerprint density at radius 2 is 0.911 bits per heavy atom. The third-order valence-corrected chi connectivity index (χ3v) is 9.07. The minimum atomic E-state index is -1.08. The molecule has 0 fully saturated rings. The summed E-state index contributed by atoms with van der Waals surface area (Å²) in [6, 6.07) is -0.713. The lowest BCUT2D eigenvalue weighted by atomic mass is 10.0. The van der Waals surface area contributed by atoms with Gasteiger partial charge in [0.2, 0.25) is 5.91 Å². The zero-order chi connectivity index (χ0) is 33.1. The maximum atomic E-state index is 12.4. The van der Waals surface area contributed by atoms with Crippen molar-refractivity contribution >= 4 is 5.91 Å². The molecule has 3 atom stereocenters. The molecule has 0 aromatic carbocycles. The summed E-state index contributed by atoms with van der Waals surface area (Å²) >= 11 is 0. The number of hydrogen-bond acceptors (Lipinski definition) is 4. The van der Waals surface area contributed by atoms with Crippen LogP contribution in [0.25, 0.3) is 0 Å². The lowest BCUT2D eigenvalue weighted by Crippen LogP contribution is -2.49. The standard InChI is InChI=1S/C40H77NO4/c1-3-5-7-9-11-13-15-17-19-21-23-25-27-29-31-33-35-39(44)40(45)41-37(36-42)38(43)34-32-30-28-26-24-22-20-18-16-14-12-10-8-6-4-2/h11,13,17,19,37-39,42-44H,3-10,12,14-16,18,20-36H2,1-2H3,(H,41,45)/b13-11-,19-17-. The molecule has 45 heavy (non-hydrogen) atoms. The van der Waals surface area contributed by atoms with E-state index < -0.39 is 24.2 Å². The molecule has 0 saturated heterocycles. The molecule has 0 aromatic rings. The van der Waals surface area contributed by atoms with Crippen molar-refractivity contribution < 1.29 is 20.1 Å². The first-order chi connectivity index (χ1) is 22.1. The van der Waals surface area contributed by atoms with Crippen LogP contribution in [0.15, 0.2) is 24.3 Å². The van der Waals surface area contributed by atoms with E-state index in [9.17, 15) is 20.1 Å². The average Bonchev–Trinajstić information content (AvgIpc) is 3.04. The molecule has 0 rings (SSSR count). The fraction of sp³-hybridized carbons (Fsp3) is 0.875. The van der Waals surface area contributed by atoms with Gasteiger partial charge in [0.1, 0.15) is 6.10 Å². The molecule has 4 N–H and O–H groups in total. The first-order valence-corrected chi connectivity index (χ1v) is 19.6. The Bertz CT molecular complexity index is 665. The van der Waals surface area contributed by atoms with Crippen molar-refractivity contribution in [2.75, 3.05) is 6.61 Å². The van der Waals surface area contributed by atoms with Crippen molar-refractivity contribution in [1.82, 2.24) is 5.32 Å². The summed E-state index contributed by atoms with van der Waals surface area (Å²) in [7, 11) is 0. The predicted molar refractivity (Wildman–Crippen MR) is 195 cm³/mol. The molecule has 0 radical (unpaired) electrons. The van der Waals surface area contributed by atoms with Gasteiger partial charge in [-0.1, -0.05) is 179 Å². The number of allylic oxidation sites excluding steroid dienone is 4. The topological polar surface area (TPSA) is 89.8 Å². The van der Waals surface area contributed by atoms with Crippen molar-refractivity contribution in [3.63, 3.8) is 0 Å². The summed E-state index contributed by atoms with van der Waals surface area (Å²) in [4.78, 5) is 12.4. The third kappa shape index (κ3) is 31.2. The summed E-state index contributed by atoms with van der Waals surface area (Å²) < 4.78 is 0. The highest BCUT2D eigenvalue weighted by atomic mass is 16.3. The number of hydrogen-bond donors (Lipinski definition) is 4. The second kappa shape index (κ2) is 35.7. The van der Waals surface area contributed by atoms with Gasteiger partial charge >= 0.3 is 0 Å². The highest BCUT2D eigenvalue weighted by Gasteiger charge is 2.23. The SMILES string of the molecule is CCCCC/C=C\C/C=C\CCCCCCCCC(O)C(=O)NC(CO)C(O)CCCCCCCCCCCCCCCCC. The van der Waals surface area contributed by atoms with Crippen LogP contribution in [0.3, 0.4) is 0 Å². The number of aliphatic hydroxyl groups excluding tert-OH is 3. The second-order valence-electron chi connectivity index (χ2n) is 13.5. The summed E-state index contributed by atoms with van der Waals surface area (Å²) in [5, 5.41) is 33.2. The first-order valence-electron chi connectivity index (χ1n) is 19.6. The van der Waals surface area contributed by atoms with Crippen LogP contribution in [0.1, 0.15) is 200 Å². The molecule has 0 aromatic heterocycles. The number of carbonyl (C=O) groups is 1. The zero-order valence-electron chi connectivity index (χ0n) is 30.0. The Labute approximate surface area is 280 Å². The van der Waals surface area contributed by atoms with E-state index in [0.29, 0.717) is 12.8 Å². The van der Waals surface area contributed by atoms with Gasteiger partial charge in [-0.05, 0) is 44.9 Å². The molecule has 5 heteroatoms. The van der Waals surface area contributed by atoms with Crippen LogP contribution in [0.2, 0.25) is 0 Å². The van der Waals surface area contributed by atoms with E-state index in [0.717, 1.165) is 44.9 Å². The van der Waals surface area contributed by atoms with E-state index in [2.05, 4.69) is 43.5 Å². The largest absolute Gasteiger partial charge is 0.394 e.